The Morgan fingerprint density at radius 3 is 2.80 bits per heavy atom. The lowest BCUT2D eigenvalue weighted by atomic mass is 10.2. The van der Waals surface area contributed by atoms with Crippen LogP contribution < -0.4 is 10.1 Å². The van der Waals surface area contributed by atoms with Gasteiger partial charge in [0.25, 0.3) is 10.1 Å². The van der Waals surface area contributed by atoms with Crippen LogP contribution in [0.1, 0.15) is 0 Å². The second-order valence-corrected chi connectivity index (χ2v) is 4.33. The Morgan fingerprint density at radius 2 is 2.13 bits per heavy atom. The number of rotatable bonds is 1. The average molecular weight is 252 g/mol. The van der Waals surface area contributed by atoms with E-state index in [1.54, 1.807) is 0 Å². The number of nitrogens with one attached hydrogen (secondary N) is 1. The SMILES string of the molecule is Cl.O=S(=O)(O)c1ccc2c(c1)NCCO2. The molecule has 0 radical (unpaired) electrons. The van der Waals surface area contributed by atoms with Gasteiger partial charge in [-0.15, -0.1) is 12.4 Å². The summed E-state index contributed by atoms with van der Waals surface area (Å²) < 4.78 is 35.7. The monoisotopic (exact) mass is 251 g/mol. The van der Waals surface area contributed by atoms with Gasteiger partial charge in [0.05, 0.1) is 10.6 Å². The third kappa shape index (κ3) is 2.53. The van der Waals surface area contributed by atoms with E-state index in [-0.39, 0.29) is 17.3 Å². The summed E-state index contributed by atoms with van der Waals surface area (Å²) in [7, 11) is -4.13. The summed E-state index contributed by atoms with van der Waals surface area (Å²) in [6.45, 7) is 1.18. The minimum absolute atomic E-state index is 0. The quantitative estimate of drug-likeness (QED) is 0.733. The summed E-state index contributed by atoms with van der Waals surface area (Å²) >= 11 is 0. The predicted octanol–water partition coefficient (Wildman–Crippen LogP) is 1.16. The molecule has 84 valence electrons. The molecule has 0 aliphatic carbocycles. The van der Waals surface area contributed by atoms with E-state index in [9.17, 15) is 8.42 Å². The fourth-order valence-electron chi connectivity index (χ4n) is 1.28. The zero-order valence-corrected chi connectivity index (χ0v) is 9.27. The molecule has 1 aromatic rings. The molecule has 0 fully saturated rings. The van der Waals surface area contributed by atoms with Crippen LogP contribution in [0.4, 0.5) is 5.69 Å². The number of anilines is 1. The first-order valence-corrected chi connectivity index (χ1v) is 5.49. The van der Waals surface area contributed by atoms with Crippen molar-refractivity contribution in [2.24, 2.45) is 0 Å². The standard InChI is InChI=1S/C8H9NO4S.ClH/c10-14(11,12)6-1-2-8-7(5-6)9-3-4-13-8;/h1-2,5,9H,3-4H2,(H,10,11,12);1H. The van der Waals surface area contributed by atoms with Gasteiger partial charge in [0.15, 0.2) is 0 Å². The second-order valence-electron chi connectivity index (χ2n) is 2.91. The minimum Gasteiger partial charge on any atom is -0.490 e. The van der Waals surface area contributed by atoms with Crippen molar-refractivity contribution in [2.75, 3.05) is 18.5 Å². The van der Waals surface area contributed by atoms with Gasteiger partial charge in [-0.2, -0.15) is 8.42 Å². The van der Waals surface area contributed by atoms with E-state index in [1.807, 2.05) is 0 Å². The first-order valence-electron chi connectivity index (χ1n) is 4.05. The zero-order valence-electron chi connectivity index (χ0n) is 7.63. The van der Waals surface area contributed by atoms with Crippen molar-refractivity contribution in [3.63, 3.8) is 0 Å². The van der Waals surface area contributed by atoms with Gasteiger partial charge in [0.1, 0.15) is 12.4 Å². The Labute approximate surface area is 93.6 Å². The lowest BCUT2D eigenvalue weighted by molar-refractivity contribution is 0.323. The molecule has 0 amide bonds. The van der Waals surface area contributed by atoms with Gasteiger partial charge in [-0.1, -0.05) is 0 Å². The largest absolute Gasteiger partial charge is 0.490 e. The van der Waals surface area contributed by atoms with Crippen LogP contribution in [0.25, 0.3) is 0 Å². The molecule has 1 aliphatic rings. The average Bonchev–Trinajstić information content (AvgIpc) is 2.16. The van der Waals surface area contributed by atoms with Gasteiger partial charge in [-0.25, -0.2) is 0 Å². The van der Waals surface area contributed by atoms with E-state index in [0.717, 1.165) is 0 Å². The van der Waals surface area contributed by atoms with E-state index in [4.69, 9.17) is 9.29 Å². The van der Waals surface area contributed by atoms with Crippen LogP contribution in [0.2, 0.25) is 0 Å². The Hall–Kier alpha value is -0.980. The molecule has 0 saturated carbocycles. The fourth-order valence-corrected chi connectivity index (χ4v) is 1.79. The molecule has 7 heteroatoms. The minimum atomic E-state index is -4.13. The Bertz CT molecular complexity index is 460. The molecule has 0 unspecified atom stereocenters. The van der Waals surface area contributed by atoms with Crippen molar-refractivity contribution in [1.82, 2.24) is 0 Å². The van der Waals surface area contributed by atoms with Crippen LogP contribution in [0.15, 0.2) is 23.1 Å². The molecular weight excluding hydrogens is 242 g/mol. The number of hydrogen-bond acceptors (Lipinski definition) is 4. The van der Waals surface area contributed by atoms with Gasteiger partial charge in [-0.05, 0) is 18.2 Å². The summed E-state index contributed by atoms with van der Waals surface area (Å²) in [6.07, 6.45) is 0. The summed E-state index contributed by atoms with van der Waals surface area (Å²) in [5.74, 6) is 0.601. The summed E-state index contributed by atoms with van der Waals surface area (Å²) in [5, 5.41) is 2.97. The molecule has 0 bridgehead atoms. The van der Waals surface area contributed by atoms with Crippen molar-refractivity contribution >= 4 is 28.2 Å². The van der Waals surface area contributed by atoms with Crippen molar-refractivity contribution in [2.45, 2.75) is 4.90 Å². The van der Waals surface area contributed by atoms with Crippen LogP contribution in [0, 0.1) is 0 Å². The third-order valence-electron chi connectivity index (χ3n) is 1.92. The highest BCUT2D eigenvalue weighted by Gasteiger charge is 2.15. The third-order valence-corrected chi connectivity index (χ3v) is 2.77. The van der Waals surface area contributed by atoms with Gasteiger partial charge in [0, 0.05) is 6.54 Å². The van der Waals surface area contributed by atoms with Gasteiger partial charge in [0.2, 0.25) is 0 Å². The van der Waals surface area contributed by atoms with E-state index in [0.29, 0.717) is 24.6 Å². The molecule has 1 aromatic carbocycles. The highest BCUT2D eigenvalue weighted by Crippen LogP contribution is 2.29. The van der Waals surface area contributed by atoms with Crippen molar-refractivity contribution in [1.29, 1.82) is 0 Å². The highest BCUT2D eigenvalue weighted by molar-refractivity contribution is 7.85. The van der Waals surface area contributed by atoms with E-state index >= 15 is 0 Å². The normalized spacial score (nSPS) is 14.2. The smallest absolute Gasteiger partial charge is 0.294 e. The van der Waals surface area contributed by atoms with Crippen molar-refractivity contribution in [3.8, 4) is 5.75 Å². The maximum absolute atomic E-state index is 10.8. The van der Waals surface area contributed by atoms with E-state index in [1.165, 1.54) is 18.2 Å². The van der Waals surface area contributed by atoms with Crippen LogP contribution in [-0.4, -0.2) is 26.1 Å². The first kappa shape index (κ1) is 12.1. The van der Waals surface area contributed by atoms with E-state index in [2.05, 4.69) is 5.32 Å². The topological polar surface area (TPSA) is 75.6 Å². The zero-order chi connectivity index (χ0) is 10.2. The Balaban J connectivity index is 0.00000112. The Kier molecular flexibility index (Phi) is 3.43. The molecule has 15 heavy (non-hydrogen) atoms. The summed E-state index contributed by atoms with van der Waals surface area (Å²) in [4.78, 5) is -0.130. The van der Waals surface area contributed by atoms with Crippen LogP contribution >= 0.6 is 12.4 Å². The Morgan fingerprint density at radius 1 is 1.40 bits per heavy atom. The van der Waals surface area contributed by atoms with Crippen molar-refractivity contribution < 1.29 is 17.7 Å². The van der Waals surface area contributed by atoms with Gasteiger partial charge < -0.3 is 10.1 Å². The lowest BCUT2D eigenvalue weighted by Crippen LogP contribution is -2.18. The van der Waals surface area contributed by atoms with Gasteiger partial charge in [-0.3, -0.25) is 4.55 Å². The van der Waals surface area contributed by atoms with Crippen LogP contribution in [0.5, 0.6) is 5.75 Å². The molecule has 2 N–H and O–H groups in total. The van der Waals surface area contributed by atoms with Crippen LogP contribution in [-0.2, 0) is 10.1 Å². The molecule has 0 aromatic heterocycles. The molecular formula is C8H10ClNO4S. The van der Waals surface area contributed by atoms with E-state index < -0.39 is 10.1 Å². The van der Waals surface area contributed by atoms with Gasteiger partial charge >= 0.3 is 0 Å². The molecule has 5 nitrogen and oxygen atoms in total. The molecule has 0 atom stereocenters. The molecule has 0 spiro atoms. The number of benzene rings is 1. The molecule has 0 saturated heterocycles. The molecule has 2 rings (SSSR count). The number of ether oxygens (including phenoxy) is 1. The fraction of sp³-hybridized carbons (Fsp3) is 0.250. The maximum Gasteiger partial charge on any atom is 0.294 e. The van der Waals surface area contributed by atoms with Crippen molar-refractivity contribution in [3.05, 3.63) is 18.2 Å². The lowest BCUT2D eigenvalue weighted by Gasteiger charge is -2.19. The molecule has 1 heterocycles. The highest BCUT2D eigenvalue weighted by atomic mass is 35.5. The number of fused-ring (bicyclic) bond motifs is 1. The predicted molar refractivity (Wildman–Crippen MR) is 57.5 cm³/mol. The summed E-state index contributed by atoms with van der Waals surface area (Å²) in [6, 6.07) is 4.18. The maximum atomic E-state index is 10.8. The number of halogens is 1. The number of hydrogen-bond donors (Lipinski definition) is 2. The van der Waals surface area contributed by atoms with Crippen LogP contribution in [0.3, 0.4) is 0 Å². The second kappa shape index (κ2) is 4.26. The first-order chi connectivity index (χ1) is 6.57. The summed E-state index contributed by atoms with van der Waals surface area (Å²) in [5.41, 5.74) is 0.589. The molecule has 1 aliphatic heterocycles.